The first-order chi connectivity index (χ1) is 43.9. The van der Waals surface area contributed by atoms with Crippen LogP contribution in [0.15, 0.2) is 73.3 Å². The van der Waals surface area contributed by atoms with Crippen LogP contribution in [0.5, 0.6) is 0 Å². The lowest BCUT2D eigenvalue weighted by molar-refractivity contribution is -0.149. The molecular weight excluding hydrogens is 1230 g/mol. The molecule has 14 rings (SSSR count). The number of carboxylic acids is 1. The number of carboxylic acid groups (broad SMARTS) is 1. The smallest absolute Gasteiger partial charge is 0.395 e. The molecule has 0 saturated heterocycles. The fourth-order valence-corrected chi connectivity index (χ4v) is 12.4. The minimum absolute atomic E-state index is 0.0357. The van der Waals surface area contributed by atoms with Crippen molar-refractivity contribution in [2.45, 2.75) is 149 Å². The van der Waals surface area contributed by atoms with Crippen LogP contribution in [0.3, 0.4) is 0 Å². The number of pyridine rings is 4. The third-order valence-electron chi connectivity index (χ3n) is 18.8. The highest BCUT2D eigenvalue weighted by Gasteiger charge is 2.60. The largest absolute Gasteiger partial charge is 0.474 e. The molecular formula is C67H65Cl2F2N17O5. The van der Waals surface area contributed by atoms with Gasteiger partial charge in [0.15, 0.2) is 0 Å². The SMILES string of the molecule is Cc1nc(F)ccc1C(Cc1cc(C#N)c2ncc(C#N)c(NC(C)C(C)(C)C)c2c1)c1cn(C23CC(C2)C3)nn1.Cc1nc(F)ccc1C(c1cn(C23CC(C2)C3)nn1)N(C(=O)C(=O)O)c1cc(C#N)c2ncc(C#N)c(NC(C)C(C)(C)C)c2c1.O=C(Cl)C(=O)Cl. The molecule has 476 valence electrons. The van der Waals surface area contributed by atoms with E-state index in [-0.39, 0.29) is 73.6 Å². The topological polar surface area (TPSA) is 324 Å². The van der Waals surface area contributed by atoms with Gasteiger partial charge in [-0.2, -0.15) is 29.8 Å². The second-order valence-corrected chi connectivity index (χ2v) is 27.5. The molecule has 1 amide bonds. The number of rotatable bonds is 15. The Balaban J connectivity index is 0.000000188. The van der Waals surface area contributed by atoms with Gasteiger partial charge < -0.3 is 15.7 Å². The number of hydrogen-bond donors (Lipinski definition) is 3. The number of aliphatic carboxylic acids is 1. The van der Waals surface area contributed by atoms with Crippen molar-refractivity contribution in [3.05, 3.63) is 147 Å². The average Bonchev–Trinajstić information content (AvgIpc) is 1.71. The van der Waals surface area contributed by atoms with E-state index >= 15 is 0 Å². The van der Waals surface area contributed by atoms with Gasteiger partial charge in [0.25, 0.3) is 0 Å². The van der Waals surface area contributed by atoms with Crippen molar-refractivity contribution in [3.8, 4) is 24.3 Å². The van der Waals surface area contributed by atoms with Gasteiger partial charge >= 0.3 is 22.4 Å². The summed E-state index contributed by atoms with van der Waals surface area (Å²) in [5, 5.41) is 74.0. The van der Waals surface area contributed by atoms with Crippen LogP contribution in [0.25, 0.3) is 21.8 Å². The van der Waals surface area contributed by atoms with Gasteiger partial charge in [-0.3, -0.25) is 29.3 Å². The maximum Gasteiger partial charge on any atom is 0.395 e. The Hall–Kier alpha value is -9.88. The van der Waals surface area contributed by atoms with E-state index in [4.69, 9.17) is 0 Å². The number of benzene rings is 2. The molecule has 4 bridgehead atoms. The Morgan fingerprint density at radius 3 is 1.49 bits per heavy atom. The molecule has 3 N–H and O–H groups in total. The highest BCUT2D eigenvalue weighted by Crippen LogP contribution is 2.63. The summed E-state index contributed by atoms with van der Waals surface area (Å²) in [4.78, 5) is 63.0. The molecule has 6 aliphatic carbocycles. The van der Waals surface area contributed by atoms with E-state index in [2.05, 4.69) is 126 Å². The second-order valence-electron chi connectivity index (χ2n) is 26.8. The van der Waals surface area contributed by atoms with Gasteiger partial charge in [0, 0.05) is 70.0 Å². The van der Waals surface area contributed by atoms with Gasteiger partial charge in [-0.15, -0.1) is 10.2 Å². The number of halogens is 4. The number of nitriles is 4. The minimum Gasteiger partial charge on any atom is -0.474 e. The summed E-state index contributed by atoms with van der Waals surface area (Å²) in [5.74, 6) is -3.16. The lowest BCUT2D eigenvalue weighted by Gasteiger charge is -2.61. The molecule has 8 aromatic rings. The number of aryl methyl sites for hydroxylation is 2. The monoisotopic (exact) mass is 1300 g/mol. The van der Waals surface area contributed by atoms with Crippen molar-refractivity contribution >= 4 is 84.4 Å². The molecule has 93 heavy (non-hydrogen) atoms. The Bertz CT molecular complexity index is 4500. The third-order valence-corrected chi connectivity index (χ3v) is 19.3. The highest BCUT2D eigenvalue weighted by molar-refractivity contribution is 6.97. The third kappa shape index (κ3) is 12.9. The van der Waals surface area contributed by atoms with Crippen molar-refractivity contribution in [2.75, 3.05) is 15.5 Å². The molecule has 26 heteroatoms. The number of carbonyl (C=O) groups is 4. The quantitative estimate of drug-likeness (QED) is 0.0488. The van der Waals surface area contributed by atoms with Crippen LogP contribution in [0, 0.1) is 93.7 Å². The van der Waals surface area contributed by atoms with Crippen molar-refractivity contribution in [1.82, 2.24) is 49.9 Å². The lowest BCUT2D eigenvalue weighted by Crippen LogP contribution is -2.59. The molecule has 2 aromatic carbocycles. The van der Waals surface area contributed by atoms with Gasteiger partial charge in [0.05, 0.1) is 67.6 Å². The zero-order valence-corrected chi connectivity index (χ0v) is 54.2. The highest BCUT2D eigenvalue weighted by atomic mass is 35.5. The number of nitrogens with zero attached hydrogens (tertiary/aromatic N) is 15. The predicted molar refractivity (Wildman–Crippen MR) is 340 cm³/mol. The molecule has 6 aliphatic rings. The molecule has 6 heterocycles. The molecule has 6 aromatic heterocycles. The fraction of sp³-hybridized carbons (Fsp3) is 0.403. The first-order valence-corrected chi connectivity index (χ1v) is 30.8. The Morgan fingerprint density at radius 1 is 0.656 bits per heavy atom. The zero-order chi connectivity index (χ0) is 67.4. The first-order valence-electron chi connectivity index (χ1n) is 30.0. The van der Waals surface area contributed by atoms with Crippen LogP contribution in [-0.4, -0.2) is 89.5 Å². The molecule has 0 spiro atoms. The van der Waals surface area contributed by atoms with E-state index in [0.29, 0.717) is 57.0 Å². The van der Waals surface area contributed by atoms with E-state index in [1.807, 2.05) is 50.7 Å². The van der Waals surface area contributed by atoms with Gasteiger partial charge in [-0.05, 0) is 166 Å². The summed E-state index contributed by atoms with van der Waals surface area (Å²) in [5.41, 5.74) is 6.56. The standard InChI is InChI=1S/C33H32FN9O3.C32H33FN8.C2Cl2O2/c1-17-23(6-7-26(34)38-17)29(25-16-42(41-40-25)33-10-19(11-33)12-33)43(30(44)31(45)46)22-8-20(13-35)27-24(9-22)28(21(14-36)15-37-27)39-18(2)32(3,4)5;1-18-24(6-7-28(33)37-18)25(27-17-41(40-39-27)32-11-21(12-32)13-32)9-20-8-22(14-34)29-26(10-20)30(23(15-35)16-36-29)38-19(2)31(3,4)5;3-1(5)2(4)6/h6-9,15-16,18-19,29H,10-12H2,1-5H3,(H,37,39)(H,45,46);6-8,10,16-17,19,21,25H,9,11-13H2,1-5H3,(H,36,38);. The number of fused-ring (bicyclic) bond motifs is 2. The Morgan fingerprint density at radius 2 is 1.09 bits per heavy atom. The number of hydrogen-bond acceptors (Lipinski definition) is 18. The van der Waals surface area contributed by atoms with Crippen molar-refractivity contribution in [3.63, 3.8) is 0 Å². The van der Waals surface area contributed by atoms with Crippen LogP contribution in [0.1, 0.15) is 168 Å². The van der Waals surface area contributed by atoms with Crippen LogP contribution in [0.4, 0.5) is 25.8 Å². The van der Waals surface area contributed by atoms with Crippen molar-refractivity contribution in [2.24, 2.45) is 22.7 Å². The normalized spacial score (nSPS) is 19.4. The second kappa shape index (κ2) is 25.3. The molecule has 6 fully saturated rings. The average molecular weight is 1300 g/mol. The van der Waals surface area contributed by atoms with Gasteiger partial charge in [0.1, 0.15) is 36.0 Å². The minimum atomic E-state index is -1.76. The van der Waals surface area contributed by atoms with E-state index in [1.54, 1.807) is 30.8 Å². The Kier molecular flexibility index (Phi) is 18.0. The fourth-order valence-electron chi connectivity index (χ4n) is 12.4. The summed E-state index contributed by atoms with van der Waals surface area (Å²) in [6.07, 6.45) is 13.4. The van der Waals surface area contributed by atoms with E-state index in [0.717, 1.165) is 77.6 Å². The van der Waals surface area contributed by atoms with E-state index in [9.17, 15) is 54.1 Å². The van der Waals surface area contributed by atoms with Crippen LogP contribution >= 0.6 is 23.2 Å². The van der Waals surface area contributed by atoms with Crippen LogP contribution in [0.2, 0.25) is 0 Å². The van der Waals surface area contributed by atoms with Gasteiger partial charge in [-0.25, -0.2) is 24.1 Å². The van der Waals surface area contributed by atoms with Gasteiger partial charge in [0.2, 0.25) is 11.9 Å². The number of amides is 1. The van der Waals surface area contributed by atoms with Crippen LogP contribution < -0.4 is 15.5 Å². The molecule has 4 atom stereocenters. The summed E-state index contributed by atoms with van der Waals surface area (Å²) >= 11 is 8.98. The number of aromatic nitrogens is 10. The molecule has 22 nitrogen and oxygen atoms in total. The first kappa shape index (κ1) is 66.1. The zero-order valence-electron chi connectivity index (χ0n) is 52.6. The van der Waals surface area contributed by atoms with E-state index in [1.165, 1.54) is 36.7 Å². The molecule has 6 saturated carbocycles. The lowest BCUT2D eigenvalue weighted by atomic mass is 9.50. The van der Waals surface area contributed by atoms with E-state index < -0.39 is 40.3 Å². The van der Waals surface area contributed by atoms with Gasteiger partial charge in [-0.1, -0.05) is 64.1 Å². The van der Waals surface area contributed by atoms with Crippen LogP contribution in [-0.2, 0) is 36.7 Å². The summed E-state index contributed by atoms with van der Waals surface area (Å²) < 4.78 is 32.0. The summed E-state index contributed by atoms with van der Waals surface area (Å²) in [6, 6.07) is 20.0. The number of anilines is 3. The number of carbonyl (C=O) groups excluding carboxylic acids is 3. The van der Waals surface area contributed by atoms with Crippen molar-refractivity contribution < 1.29 is 33.1 Å². The maximum absolute atomic E-state index is 14.2. The predicted octanol–water partition coefficient (Wildman–Crippen LogP) is 11.6. The molecule has 0 aliphatic heterocycles. The molecule has 0 radical (unpaired) electrons. The maximum atomic E-state index is 14.2. The molecule has 4 unspecified atom stereocenters. The summed E-state index contributed by atoms with van der Waals surface area (Å²) in [6.45, 7) is 19.9. The van der Waals surface area contributed by atoms with Crippen molar-refractivity contribution in [1.29, 1.82) is 21.0 Å². The summed E-state index contributed by atoms with van der Waals surface area (Å²) in [7, 11) is 0. The number of nitrogens with one attached hydrogen (secondary N) is 2. The Labute approximate surface area is 544 Å².